The third-order valence-corrected chi connectivity index (χ3v) is 8.43. The van der Waals surface area contributed by atoms with Crippen LogP contribution in [-0.4, -0.2) is 52.4 Å². The fraction of sp³-hybridized carbons (Fsp3) is 0.250. The average molecular weight is 550 g/mol. The fourth-order valence-corrected chi connectivity index (χ4v) is 6.48. The van der Waals surface area contributed by atoms with Crippen LogP contribution in [0.25, 0.3) is 17.1 Å². The van der Waals surface area contributed by atoms with E-state index in [0.29, 0.717) is 38.7 Å². The number of nitrogens with one attached hydrogen (secondary N) is 1. The van der Waals surface area contributed by atoms with E-state index in [9.17, 15) is 17.6 Å². The van der Waals surface area contributed by atoms with Crippen LogP contribution in [0.15, 0.2) is 41.6 Å². The van der Waals surface area contributed by atoms with E-state index in [1.54, 1.807) is 22.8 Å². The van der Waals surface area contributed by atoms with Crippen LogP contribution >= 0.6 is 46.6 Å². The number of nitrogens with zero attached hydrogens (tertiary/aromatic N) is 3. The van der Waals surface area contributed by atoms with Gasteiger partial charge >= 0.3 is 0 Å². The highest BCUT2D eigenvalue weighted by Gasteiger charge is 2.29. The van der Waals surface area contributed by atoms with Gasteiger partial charge in [-0.15, -0.1) is 10.2 Å². The molecular weight excluding hydrogens is 534 g/mol. The van der Waals surface area contributed by atoms with Crippen molar-refractivity contribution in [2.75, 3.05) is 17.3 Å². The molecule has 2 heterocycles. The molecule has 2 aromatic carbocycles. The maximum atomic E-state index is 13.8. The zero-order chi connectivity index (χ0) is 23.8. The maximum Gasteiger partial charge on any atom is 0.230 e. The van der Waals surface area contributed by atoms with Crippen molar-refractivity contribution in [1.82, 2.24) is 20.1 Å². The minimum absolute atomic E-state index is 0.0298. The number of rotatable bonds is 6. The summed E-state index contributed by atoms with van der Waals surface area (Å²) in [6.07, 6.45) is 0.391. The van der Waals surface area contributed by atoms with Gasteiger partial charge < -0.3 is 5.32 Å². The topological polar surface area (TPSA) is 93.9 Å². The van der Waals surface area contributed by atoms with E-state index in [0.717, 1.165) is 11.8 Å². The molecule has 1 fully saturated rings. The predicted molar refractivity (Wildman–Crippen MR) is 128 cm³/mol. The summed E-state index contributed by atoms with van der Waals surface area (Å²) in [6.45, 7) is 0. The van der Waals surface area contributed by atoms with Crippen molar-refractivity contribution in [3.05, 3.63) is 57.3 Å². The second-order valence-electron chi connectivity index (χ2n) is 7.32. The molecule has 1 aliphatic rings. The van der Waals surface area contributed by atoms with E-state index >= 15 is 0 Å². The van der Waals surface area contributed by atoms with Crippen LogP contribution in [-0.2, 0) is 14.6 Å². The van der Waals surface area contributed by atoms with Crippen molar-refractivity contribution >= 4 is 62.3 Å². The van der Waals surface area contributed by atoms with E-state index in [1.165, 1.54) is 18.2 Å². The lowest BCUT2D eigenvalue weighted by molar-refractivity contribution is -0.119. The molecule has 1 N–H and O–H groups in total. The van der Waals surface area contributed by atoms with Crippen molar-refractivity contribution in [1.29, 1.82) is 0 Å². The Morgan fingerprint density at radius 3 is 2.61 bits per heavy atom. The first-order chi connectivity index (χ1) is 15.6. The van der Waals surface area contributed by atoms with Gasteiger partial charge in [-0.25, -0.2) is 12.8 Å². The van der Waals surface area contributed by atoms with Gasteiger partial charge in [0.05, 0.1) is 33.0 Å². The van der Waals surface area contributed by atoms with Crippen LogP contribution in [0.2, 0.25) is 15.1 Å². The van der Waals surface area contributed by atoms with Crippen molar-refractivity contribution in [3.63, 3.8) is 0 Å². The molecule has 0 unspecified atom stereocenters. The molecule has 0 bridgehead atoms. The van der Waals surface area contributed by atoms with Crippen LogP contribution in [0.4, 0.5) is 4.39 Å². The van der Waals surface area contributed by atoms with E-state index in [4.69, 9.17) is 34.8 Å². The fourth-order valence-electron chi connectivity index (χ4n) is 3.37. The van der Waals surface area contributed by atoms with E-state index in [1.807, 2.05) is 0 Å². The van der Waals surface area contributed by atoms with Crippen molar-refractivity contribution < 1.29 is 17.6 Å². The molecule has 1 amide bonds. The van der Waals surface area contributed by atoms with Crippen LogP contribution < -0.4 is 5.32 Å². The molecule has 4 rings (SSSR count). The lowest BCUT2D eigenvalue weighted by atomic mass is 10.2. The number of hydrogen-bond acceptors (Lipinski definition) is 6. The number of aromatic nitrogens is 3. The summed E-state index contributed by atoms with van der Waals surface area (Å²) >= 11 is 19.4. The first-order valence-corrected chi connectivity index (χ1v) is 13.6. The van der Waals surface area contributed by atoms with Crippen molar-refractivity contribution in [2.24, 2.45) is 0 Å². The lowest BCUT2D eigenvalue weighted by Crippen LogP contribution is -2.36. The molecule has 1 atom stereocenters. The Bertz CT molecular complexity index is 1330. The molecule has 1 aromatic heterocycles. The maximum absolute atomic E-state index is 13.8. The lowest BCUT2D eigenvalue weighted by Gasteiger charge is -2.13. The number of hydrogen-bond donors (Lipinski definition) is 1. The molecule has 3 aromatic rings. The Kier molecular flexibility index (Phi) is 7.20. The standard InChI is InChI=1S/C20H16Cl3FN4O3S2/c21-11-1-3-14(15(22)7-11)19-26-27-20(28(19)13-2-4-17(24)16(23)8-13)32-9-18(29)25-12-5-6-33(30,31)10-12/h1-4,7-8,12H,5-6,9-10H2,(H,25,29)/t12-/m0/s1. The number of amides is 1. The molecule has 0 radical (unpaired) electrons. The van der Waals surface area contributed by atoms with Gasteiger partial charge in [-0.2, -0.15) is 0 Å². The van der Waals surface area contributed by atoms with E-state index in [2.05, 4.69) is 15.5 Å². The van der Waals surface area contributed by atoms with Crippen LogP contribution in [0.5, 0.6) is 0 Å². The normalized spacial score (nSPS) is 17.3. The van der Waals surface area contributed by atoms with Crippen LogP contribution in [0, 0.1) is 5.82 Å². The summed E-state index contributed by atoms with van der Waals surface area (Å²) in [5.74, 6) is -0.593. The second-order valence-corrected chi connectivity index (χ2v) is 11.7. The quantitative estimate of drug-likeness (QED) is 0.457. The molecule has 1 aliphatic heterocycles. The molecule has 0 spiro atoms. The zero-order valence-corrected chi connectivity index (χ0v) is 20.7. The van der Waals surface area contributed by atoms with Gasteiger partial charge in [-0.1, -0.05) is 46.6 Å². The first kappa shape index (κ1) is 24.3. The molecule has 174 valence electrons. The highest BCUT2D eigenvalue weighted by Crippen LogP contribution is 2.34. The minimum atomic E-state index is -3.11. The molecule has 0 saturated carbocycles. The van der Waals surface area contributed by atoms with Gasteiger partial charge in [0.1, 0.15) is 5.82 Å². The van der Waals surface area contributed by atoms with Gasteiger partial charge in [0.15, 0.2) is 20.8 Å². The summed E-state index contributed by atoms with van der Waals surface area (Å²) in [5, 5.41) is 12.2. The molecular formula is C20H16Cl3FN4O3S2. The van der Waals surface area contributed by atoms with Crippen LogP contribution in [0.3, 0.4) is 0 Å². The molecule has 1 saturated heterocycles. The summed E-state index contributed by atoms with van der Waals surface area (Å²) in [7, 11) is -3.11. The Labute approximate surface area is 208 Å². The third kappa shape index (κ3) is 5.63. The van der Waals surface area contributed by atoms with Crippen LogP contribution in [0.1, 0.15) is 6.42 Å². The number of thioether (sulfide) groups is 1. The van der Waals surface area contributed by atoms with Crippen molar-refractivity contribution in [2.45, 2.75) is 17.6 Å². The Balaban J connectivity index is 1.63. The molecule has 7 nitrogen and oxygen atoms in total. The van der Waals surface area contributed by atoms with E-state index < -0.39 is 21.7 Å². The SMILES string of the molecule is O=C(CSc1nnc(-c2ccc(Cl)cc2Cl)n1-c1ccc(F)c(Cl)c1)N[C@H]1CCS(=O)(=O)C1. The number of carbonyl (C=O) groups is 1. The van der Waals surface area contributed by atoms with Gasteiger partial charge in [-0.05, 0) is 42.8 Å². The Hall–Kier alpha value is -1.85. The summed E-state index contributed by atoms with van der Waals surface area (Å²) in [4.78, 5) is 12.4. The van der Waals surface area contributed by atoms with Gasteiger partial charge in [0, 0.05) is 16.6 Å². The minimum Gasteiger partial charge on any atom is -0.352 e. The van der Waals surface area contributed by atoms with Gasteiger partial charge in [-0.3, -0.25) is 9.36 Å². The highest BCUT2D eigenvalue weighted by atomic mass is 35.5. The molecule has 0 aliphatic carbocycles. The number of benzene rings is 2. The Morgan fingerprint density at radius 2 is 1.94 bits per heavy atom. The summed E-state index contributed by atoms with van der Waals surface area (Å²) in [6, 6.07) is 8.62. The van der Waals surface area contributed by atoms with Gasteiger partial charge in [0.25, 0.3) is 0 Å². The smallest absolute Gasteiger partial charge is 0.230 e. The average Bonchev–Trinajstić information content (AvgIpc) is 3.31. The number of sulfone groups is 1. The van der Waals surface area contributed by atoms with Crippen molar-refractivity contribution in [3.8, 4) is 17.1 Å². The monoisotopic (exact) mass is 548 g/mol. The third-order valence-electron chi connectivity index (χ3n) is 4.90. The largest absolute Gasteiger partial charge is 0.352 e. The second kappa shape index (κ2) is 9.79. The summed E-state index contributed by atoms with van der Waals surface area (Å²) in [5.41, 5.74) is 0.999. The van der Waals surface area contributed by atoms with E-state index in [-0.39, 0.29) is 28.2 Å². The summed E-state index contributed by atoms with van der Waals surface area (Å²) < 4.78 is 38.6. The molecule has 33 heavy (non-hydrogen) atoms. The number of carbonyl (C=O) groups excluding carboxylic acids is 1. The zero-order valence-electron chi connectivity index (χ0n) is 16.8. The number of halogens is 4. The first-order valence-electron chi connectivity index (χ1n) is 9.62. The molecule has 13 heteroatoms. The highest BCUT2D eigenvalue weighted by molar-refractivity contribution is 7.99. The van der Waals surface area contributed by atoms with Gasteiger partial charge in [0.2, 0.25) is 5.91 Å². The predicted octanol–water partition coefficient (Wildman–Crippen LogP) is 4.43. The Morgan fingerprint density at radius 1 is 1.15 bits per heavy atom.